The van der Waals surface area contributed by atoms with E-state index in [1.807, 2.05) is 7.05 Å². The molecule has 2 N–H and O–H groups in total. The van der Waals surface area contributed by atoms with E-state index in [1.165, 1.54) is 69.5 Å². The Morgan fingerprint density at radius 3 is 2.26 bits per heavy atom. The highest BCUT2D eigenvalue weighted by molar-refractivity contribution is 14.0. The van der Waals surface area contributed by atoms with Crippen molar-refractivity contribution >= 4 is 41.7 Å². The molecule has 3 fully saturated rings. The molecule has 3 rings (SSSR count). The molecule has 158 valence electrons. The molecule has 0 aromatic carbocycles. The van der Waals surface area contributed by atoms with Crippen LogP contribution >= 0.6 is 35.7 Å². The molecule has 0 bridgehead atoms. The van der Waals surface area contributed by atoms with E-state index in [2.05, 4.69) is 32.3 Å². The van der Waals surface area contributed by atoms with Gasteiger partial charge in [0.2, 0.25) is 0 Å². The lowest BCUT2D eigenvalue weighted by Gasteiger charge is -2.44. The van der Waals surface area contributed by atoms with E-state index in [0.29, 0.717) is 11.0 Å². The molecule has 1 saturated heterocycles. The second-order valence-electron chi connectivity index (χ2n) is 8.41. The van der Waals surface area contributed by atoms with Crippen LogP contribution in [0.3, 0.4) is 0 Å². The van der Waals surface area contributed by atoms with Crippen molar-refractivity contribution in [2.45, 2.75) is 56.9 Å². The van der Waals surface area contributed by atoms with Crippen molar-refractivity contribution < 1.29 is 4.74 Å². The number of ether oxygens (including phenoxy) is 1. The number of hydrogen-bond acceptors (Lipinski definition) is 4. The monoisotopic (exact) mass is 510 g/mol. The Hall–Kier alpha value is 0.270. The molecule has 0 spiro atoms. The molecule has 0 atom stereocenters. The summed E-state index contributed by atoms with van der Waals surface area (Å²) in [5, 5.41) is 7.31. The summed E-state index contributed by atoms with van der Waals surface area (Å²) >= 11 is 2.10. The number of guanidine groups is 1. The summed E-state index contributed by atoms with van der Waals surface area (Å²) in [5.74, 6) is 3.55. The van der Waals surface area contributed by atoms with Gasteiger partial charge in [-0.2, -0.15) is 11.8 Å². The molecule has 1 aliphatic heterocycles. The lowest BCUT2D eigenvalue weighted by Crippen LogP contribution is -2.58. The SMILES string of the molecule is CN=C(NCC1(CCOC)CCC1)NCC1(N2CCSCC2)CCCC1.I. The van der Waals surface area contributed by atoms with Gasteiger partial charge in [0.05, 0.1) is 0 Å². The summed E-state index contributed by atoms with van der Waals surface area (Å²) in [6.45, 7) is 5.41. The number of rotatable bonds is 8. The predicted octanol–water partition coefficient (Wildman–Crippen LogP) is 3.34. The lowest BCUT2D eigenvalue weighted by molar-refractivity contribution is 0.0730. The first-order valence-electron chi connectivity index (χ1n) is 10.5. The number of hydrogen-bond donors (Lipinski definition) is 2. The molecule has 0 aromatic heterocycles. The fraction of sp³-hybridized carbons (Fsp3) is 0.950. The zero-order chi connectivity index (χ0) is 18.3. The highest BCUT2D eigenvalue weighted by atomic mass is 127. The van der Waals surface area contributed by atoms with Gasteiger partial charge in [0.25, 0.3) is 0 Å². The maximum Gasteiger partial charge on any atom is 0.191 e. The average molecular weight is 511 g/mol. The Morgan fingerprint density at radius 2 is 1.70 bits per heavy atom. The van der Waals surface area contributed by atoms with Crippen LogP contribution in [0.5, 0.6) is 0 Å². The van der Waals surface area contributed by atoms with Crippen LogP contribution < -0.4 is 10.6 Å². The second kappa shape index (κ2) is 11.5. The lowest BCUT2D eigenvalue weighted by atomic mass is 9.67. The van der Waals surface area contributed by atoms with Gasteiger partial charge in [-0.25, -0.2) is 0 Å². The van der Waals surface area contributed by atoms with Crippen LogP contribution in [-0.2, 0) is 4.74 Å². The van der Waals surface area contributed by atoms with Gasteiger partial charge in [0.1, 0.15) is 0 Å². The van der Waals surface area contributed by atoms with Crippen LogP contribution in [0.15, 0.2) is 4.99 Å². The summed E-state index contributed by atoms with van der Waals surface area (Å²) in [6, 6.07) is 0. The minimum atomic E-state index is 0. The molecule has 2 saturated carbocycles. The minimum Gasteiger partial charge on any atom is -0.385 e. The maximum atomic E-state index is 5.32. The van der Waals surface area contributed by atoms with Crippen molar-refractivity contribution in [2.24, 2.45) is 10.4 Å². The van der Waals surface area contributed by atoms with E-state index in [9.17, 15) is 0 Å². The van der Waals surface area contributed by atoms with Crippen molar-refractivity contribution in [1.29, 1.82) is 0 Å². The first-order valence-corrected chi connectivity index (χ1v) is 11.6. The number of nitrogens with zero attached hydrogens (tertiary/aromatic N) is 2. The van der Waals surface area contributed by atoms with Crippen LogP contribution in [0.1, 0.15) is 51.4 Å². The molecular weight excluding hydrogens is 471 g/mol. The molecular formula is C20H39IN4OS. The predicted molar refractivity (Wildman–Crippen MR) is 128 cm³/mol. The van der Waals surface area contributed by atoms with Crippen LogP contribution in [0.2, 0.25) is 0 Å². The van der Waals surface area contributed by atoms with E-state index in [-0.39, 0.29) is 24.0 Å². The molecule has 2 aliphatic carbocycles. The summed E-state index contributed by atoms with van der Waals surface area (Å²) in [7, 11) is 3.71. The third kappa shape index (κ3) is 6.12. The van der Waals surface area contributed by atoms with Gasteiger partial charge in [0, 0.05) is 64.0 Å². The van der Waals surface area contributed by atoms with Crippen molar-refractivity contribution in [3.63, 3.8) is 0 Å². The fourth-order valence-electron chi connectivity index (χ4n) is 4.93. The number of nitrogens with one attached hydrogen (secondary N) is 2. The van der Waals surface area contributed by atoms with E-state index in [0.717, 1.165) is 32.1 Å². The van der Waals surface area contributed by atoms with Crippen molar-refractivity contribution in [1.82, 2.24) is 15.5 Å². The van der Waals surface area contributed by atoms with E-state index in [1.54, 1.807) is 7.11 Å². The third-order valence-corrected chi connectivity index (χ3v) is 7.85. The Bertz CT molecular complexity index is 461. The molecule has 5 nitrogen and oxygen atoms in total. The van der Waals surface area contributed by atoms with Crippen molar-refractivity contribution in [3.8, 4) is 0 Å². The van der Waals surface area contributed by atoms with Gasteiger partial charge in [0.15, 0.2) is 5.96 Å². The van der Waals surface area contributed by atoms with Gasteiger partial charge < -0.3 is 15.4 Å². The summed E-state index contributed by atoms with van der Waals surface area (Å²) in [5.41, 5.74) is 0.769. The summed E-state index contributed by atoms with van der Waals surface area (Å²) < 4.78 is 5.32. The number of thioether (sulfide) groups is 1. The average Bonchev–Trinajstić information content (AvgIpc) is 3.14. The molecule has 0 radical (unpaired) electrons. The van der Waals surface area contributed by atoms with E-state index < -0.39 is 0 Å². The first kappa shape index (κ1) is 23.5. The maximum absolute atomic E-state index is 5.32. The number of methoxy groups -OCH3 is 1. The zero-order valence-corrected chi connectivity index (χ0v) is 20.4. The van der Waals surface area contributed by atoms with Gasteiger partial charge in [-0.15, -0.1) is 24.0 Å². The molecule has 1 heterocycles. The molecule has 27 heavy (non-hydrogen) atoms. The van der Waals surface area contributed by atoms with Gasteiger partial charge in [-0.05, 0) is 37.5 Å². The Kier molecular flexibility index (Phi) is 9.99. The smallest absolute Gasteiger partial charge is 0.191 e. The van der Waals surface area contributed by atoms with Gasteiger partial charge >= 0.3 is 0 Å². The third-order valence-electron chi connectivity index (χ3n) is 6.91. The van der Waals surface area contributed by atoms with Crippen LogP contribution in [0.4, 0.5) is 0 Å². The van der Waals surface area contributed by atoms with Crippen LogP contribution in [0.25, 0.3) is 0 Å². The number of aliphatic imine (C=N–C) groups is 1. The fourth-order valence-corrected chi connectivity index (χ4v) is 5.83. The minimum absolute atomic E-state index is 0. The normalized spacial score (nSPS) is 24.7. The van der Waals surface area contributed by atoms with Crippen LogP contribution in [0, 0.1) is 5.41 Å². The largest absolute Gasteiger partial charge is 0.385 e. The Morgan fingerprint density at radius 1 is 1.04 bits per heavy atom. The Balaban J connectivity index is 0.00000261. The van der Waals surface area contributed by atoms with Crippen molar-refractivity contribution in [3.05, 3.63) is 0 Å². The highest BCUT2D eigenvalue weighted by Gasteiger charge is 2.40. The molecule has 0 aromatic rings. The zero-order valence-electron chi connectivity index (χ0n) is 17.2. The quantitative estimate of drug-likeness (QED) is 0.298. The molecule has 0 unspecified atom stereocenters. The van der Waals surface area contributed by atoms with Crippen molar-refractivity contribution in [2.75, 3.05) is 58.4 Å². The second-order valence-corrected chi connectivity index (χ2v) is 9.63. The number of halogens is 1. The van der Waals surface area contributed by atoms with E-state index >= 15 is 0 Å². The van der Waals surface area contributed by atoms with Crippen LogP contribution in [-0.4, -0.2) is 74.8 Å². The topological polar surface area (TPSA) is 48.9 Å². The van der Waals surface area contributed by atoms with E-state index in [4.69, 9.17) is 4.74 Å². The molecule has 0 amide bonds. The van der Waals surface area contributed by atoms with Gasteiger partial charge in [-0.1, -0.05) is 19.3 Å². The highest BCUT2D eigenvalue weighted by Crippen LogP contribution is 2.43. The standard InChI is InChI=1S/C20H38N4OS.HI/c1-21-18(22-16-19(6-5-7-19)10-13-25-2)23-17-20(8-3-4-9-20)24-11-14-26-15-12-24;/h3-17H2,1-2H3,(H2,21,22,23);1H. The first-order chi connectivity index (χ1) is 12.7. The summed E-state index contributed by atoms with van der Waals surface area (Å²) in [4.78, 5) is 7.27. The Labute approximate surface area is 187 Å². The molecule has 3 aliphatic rings. The molecule has 7 heteroatoms. The van der Waals surface area contributed by atoms with Gasteiger partial charge in [-0.3, -0.25) is 9.89 Å². The summed E-state index contributed by atoms with van der Waals surface area (Å²) in [6.07, 6.45) is 10.6.